The van der Waals surface area contributed by atoms with Crippen molar-refractivity contribution in [3.63, 3.8) is 0 Å². The summed E-state index contributed by atoms with van der Waals surface area (Å²) in [6.45, 7) is 1.85. The molecule has 0 radical (unpaired) electrons. The lowest BCUT2D eigenvalue weighted by atomic mass is 10.2. The molecule has 1 aliphatic rings. The minimum Gasteiger partial charge on any atom is -0.376 e. The van der Waals surface area contributed by atoms with Gasteiger partial charge in [0, 0.05) is 37.7 Å². The van der Waals surface area contributed by atoms with Crippen LogP contribution in [-0.2, 0) is 22.6 Å². The second kappa shape index (κ2) is 8.71. The molecule has 0 spiro atoms. The molecule has 1 fully saturated rings. The monoisotopic (exact) mass is 378 g/mol. The molecule has 4 rings (SSSR count). The number of amides is 1. The standard InChI is InChI=1S/C20H22N6O2/c27-19(15-26-23-20(22-24-26)17-5-2-1-3-6-17)25(14-18-7-4-12-28-18)13-16-8-10-21-11-9-16/h1-3,5-6,8-11,18H,4,7,12-15H2. The van der Waals surface area contributed by atoms with Crippen LogP contribution in [0.4, 0.5) is 0 Å². The van der Waals surface area contributed by atoms with Crippen molar-refractivity contribution >= 4 is 5.91 Å². The van der Waals surface area contributed by atoms with Crippen LogP contribution in [0.5, 0.6) is 0 Å². The highest BCUT2D eigenvalue weighted by molar-refractivity contribution is 5.75. The maximum atomic E-state index is 13.0. The third kappa shape index (κ3) is 4.58. The molecule has 1 aliphatic heterocycles. The molecular weight excluding hydrogens is 356 g/mol. The minimum atomic E-state index is -0.0654. The summed E-state index contributed by atoms with van der Waals surface area (Å²) in [6.07, 6.45) is 5.55. The van der Waals surface area contributed by atoms with Gasteiger partial charge in [-0.2, -0.15) is 4.80 Å². The Morgan fingerprint density at radius 2 is 2.00 bits per heavy atom. The number of benzene rings is 1. The van der Waals surface area contributed by atoms with Crippen molar-refractivity contribution in [2.24, 2.45) is 0 Å². The predicted molar refractivity (Wildman–Crippen MR) is 102 cm³/mol. The molecule has 3 heterocycles. The summed E-state index contributed by atoms with van der Waals surface area (Å²) in [4.78, 5) is 20.2. The second-order valence-electron chi connectivity index (χ2n) is 6.77. The van der Waals surface area contributed by atoms with E-state index >= 15 is 0 Å². The topological polar surface area (TPSA) is 86.0 Å². The summed E-state index contributed by atoms with van der Waals surface area (Å²) in [5.41, 5.74) is 1.90. The third-order valence-corrected chi connectivity index (χ3v) is 4.69. The maximum absolute atomic E-state index is 13.0. The number of nitrogens with zero attached hydrogens (tertiary/aromatic N) is 6. The van der Waals surface area contributed by atoms with Gasteiger partial charge in [-0.15, -0.1) is 10.2 Å². The lowest BCUT2D eigenvalue weighted by Crippen LogP contribution is -2.39. The first-order valence-electron chi connectivity index (χ1n) is 9.39. The van der Waals surface area contributed by atoms with Crippen molar-refractivity contribution in [2.45, 2.75) is 32.0 Å². The van der Waals surface area contributed by atoms with Crippen LogP contribution in [0.25, 0.3) is 11.4 Å². The van der Waals surface area contributed by atoms with Crippen LogP contribution in [0.2, 0.25) is 0 Å². The van der Waals surface area contributed by atoms with E-state index in [0.717, 1.165) is 30.6 Å². The average Bonchev–Trinajstić information content (AvgIpc) is 3.41. The molecule has 0 bridgehead atoms. The number of carbonyl (C=O) groups excluding carboxylic acids is 1. The number of rotatable bonds is 7. The first-order valence-corrected chi connectivity index (χ1v) is 9.39. The van der Waals surface area contributed by atoms with E-state index in [1.165, 1.54) is 4.80 Å². The van der Waals surface area contributed by atoms with Crippen LogP contribution < -0.4 is 0 Å². The van der Waals surface area contributed by atoms with Gasteiger partial charge in [-0.3, -0.25) is 9.78 Å². The predicted octanol–water partition coefficient (Wildman–Crippen LogP) is 1.94. The summed E-state index contributed by atoms with van der Waals surface area (Å²) in [7, 11) is 0. The smallest absolute Gasteiger partial charge is 0.246 e. The van der Waals surface area contributed by atoms with Gasteiger partial charge in [-0.1, -0.05) is 30.3 Å². The van der Waals surface area contributed by atoms with Crippen LogP contribution >= 0.6 is 0 Å². The van der Waals surface area contributed by atoms with Crippen LogP contribution in [0.15, 0.2) is 54.9 Å². The van der Waals surface area contributed by atoms with Crippen molar-refractivity contribution in [2.75, 3.05) is 13.2 Å². The molecule has 8 nitrogen and oxygen atoms in total. The fourth-order valence-corrected chi connectivity index (χ4v) is 3.23. The van der Waals surface area contributed by atoms with Gasteiger partial charge in [0.05, 0.1) is 6.10 Å². The van der Waals surface area contributed by atoms with Gasteiger partial charge in [0.25, 0.3) is 0 Å². The van der Waals surface area contributed by atoms with Crippen LogP contribution in [0.1, 0.15) is 18.4 Å². The molecule has 0 saturated carbocycles. The Kier molecular flexibility index (Phi) is 5.67. The summed E-state index contributed by atoms with van der Waals surface area (Å²) in [6, 6.07) is 13.4. The number of carbonyl (C=O) groups is 1. The lowest BCUT2D eigenvalue weighted by Gasteiger charge is -2.25. The van der Waals surface area contributed by atoms with E-state index in [0.29, 0.717) is 18.9 Å². The molecule has 1 amide bonds. The highest BCUT2D eigenvalue weighted by Crippen LogP contribution is 2.16. The number of aromatic nitrogens is 5. The van der Waals surface area contributed by atoms with Gasteiger partial charge in [0.1, 0.15) is 6.54 Å². The largest absolute Gasteiger partial charge is 0.376 e. The Hall–Kier alpha value is -3.13. The van der Waals surface area contributed by atoms with E-state index in [2.05, 4.69) is 20.4 Å². The molecule has 1 saturated heterocycles. The van der Waals surface area contributed by atoms with Crippen LogP contribution in [0.3, 0.4) is 0 Å². The molecule has 1 atom stereocenters. The van der Waals surface area contributed by atoms with Crippen molar-refractivity contribution in [1.29, 1.82) is 0 Å². The van der Waals surface area contributed by atoms with Crippen molar-refractivity contribution < 1.29 is 9.53 Å². The number of ether oxygens (including phenoxy) is 1. The summed E-state index contributed by atoms with van der Waals surface area (Å²) >= 11 is 0. The molecule has 1 unspecified atom stereocenters. The van der Waals surface area contributed by atoms with Crippen molar-refractivity contribution in [3.8, 4) is 11.4 Å². The first-order chi connectivity index (χ1) is 13.8. The Balaban J connectivity index is 1.46. The van der Waals surface area contributed by atoms with E-state index in [1.807, 2.05) is 42.5 Å². The van der Waals surface area contributed by atoms with Crippen molar-refractivity contribution in [3.05, 3.63) is 60.4 Å². The van der Waals surface area contributed by atoms with Gasteiger partial charge in [0.15, 0.2) is 0 Å². The quantitative estimate of drug-likeness (QED) is 0.625. The van der Waals surface area contributed by atoms with Gasteiger partial charge >= 0.3 is 0 Å². The number of hydrogen-bond acceptors (Lipinski definition) is 6. The highest BCUT2D eigenvalue weighted by Gasteiger charge is 2.23. The average molecular weight is 378 g/mol. The zero-order valence-electron chi connectivity index (χ0n) is 15.5. The zero-order valence-corrected chi connectivity index (χ0v) is 15.5. The molecule has 1 aromatic carbocycles. The highest BCUT2D eigenvalue weighted by atomic mass is 16.5. The molecule has 0 aliphatic carbocycles. The minimum absolute atomic E-state index is 0.0393. The number of hydrogen-bond donors (Lipinski definition) is 0. The van der Waals surface area contributed by atoms with Gasteiger partial charge in [0.2, 0.25) is 11.7 Å². The Morgan fingerprint density at radius 3 is 2.75 bits per heavy atom. The van der Waals surface area contributed by atoms with E-state index in [9.17, 15) is 4.79 Å². The lowest BCUT2D eigenvalue weighted by molar-refractivity contribution is -0.134. The van der Waals surface area contributed by atoms with E-state index in [-0.39, 0.29) is 18.6 Å². The molecule has 0 N–H and O–H groups in total. The fourth-order valence-electron chi connectivity index (χ4n) is 3.23. The molecule has 28 heavy (non-hydrogen) atoms. The Bertz CT molecular complexity index is 893. The van der Waals surface area contributed by atoms with Gasteiger partial charge in [-0.25, -0.2) is 0 Å². The molecule has 8 heteroatoms. The maximum Gasteiger partial charge on any atom is 0.246 e. The molecule has 3 aromatic rings. The van der Waals surface area contributed by atoms with Gasteiger partial charge in [-0.05, 0) is 35.8 Å². The summed E-state index contributed by atoms with van der Waals surface area (Å²) in [5.74, 6) is 0.442. The first kappa shape index (κ1) is 18.2. The SMILES string of the molecule is O=C(Cn1nnc(-c2ccccc2)n1)N(Cc1ccncc1)CC1CCCO1. The zero-order chi connectivity index (χ0) is 19.2. The van der Waals surface area contributed by atoms with Crippen LogP contribution in [-0.4, -0.2) is 55.3 Å². The Morgan fingerprint density at radius 1 is 1.18 bits per heavy atom. The fraction of sp³-hybridized carbons (Fsp3) is 0.350. The normalized spacial score (nSPS) is 16.2. The number of pyridine rings is 1. The summed E-state index contributed by atoms with van der Waals surface area (Å²) in [5, 5.41) is 12.5. The van der Waals surface area contributed by atoms with Crippen LogP contribution in [0, 0.1) is 0 Å². The molecular formula is C20H22N6O2. The third-order valence-electron chi connectivity index (χ3n) is 4.69. The van der Waals surface area contributed by atoms with Crippen molar-refractivity contribution in [1.82, 2.24) is 30.1 Å². The van der Waals surface area contributed by atoms with E-state index in [4.69, 9.17) is 4.74 Å². The van der Waals surface area contributed by atoms with Gasteiger partial charge < -0.3 is 9.64 Å². The van der Waals surface area contributed by atoms with E-state index in [1.54, 1.807) is 17.3 Å². The van der Waals surface area contributed by atoms with E-state index < -0.39 is 0 Å². The second-order valence-corrected chi connectivity index (χ2v) is 6.77. The number of tetrazole rings is 1. The molecule has 144 valence electrons. The summed E-state index contributed by atoms with van der Waals surface area (Å²) < 4.78 is 5.73. The Labute approximate surface area is 163 Å². The molecule has 2 aromatic heterocycles.